The van der Waals surface area contributed by atoms with Gasteiger partial charge in [-0.2, -0.15) is 0 Å². The maximum atomic E-state index is 12.0. The number of hydrogen-bond donors (Lipinski definition) is 2. The van der Waals surface area contributed by atoms with E-state index in [0.29, 0.717) is 12.2 Å². The van der Waals surface area contributed by atoms with Gasteiger partial charge in [-0.3, -0.25) is 4.79 Å². The fourth-order valence-electron chi connectivity index (χ4n) is 1.77. The van der Waals surface area contributed by atoms with Crippen LogP contribution in [0.1, 0.15) is 37.2 Å². The molecule has 0 aliphatic heterocycles. The molecule has 0 aliphatic carbocycles. The van der Waals surface area contributed by atoms with Gasteiger partial charge in [0, 0.05) is 19.8 Å². The topological polar surface area (TPSA) is 60.0 Å². The van der Waals surface area contributed by atoms with E-state index in [0.717, 1.165) is 12.8 Å². The second kappa shape index (κ2) is 5.16. The summed E-state index contributed by atoms with van der Waals surface area (Å²) in [5, 5.41) is 3.04. The van der Waals surface area contributed by atoms with Crippen molar-refractivity contribution in [2.75, 3.05) is 6.54 Å². The second-order valence-electron chi connectivity index (χ2n) is 4.15. The Kier molecular flexibility index (Phi) is 4.12. The third-order valence-electron chi connectivity index (χ3n) is 3.30. The van der Waals surface area contributed by atoms with E-state index in [9.17, 15) is 4.79 Å². The van der Waals surface area contributed by atoms with E-state index >= 15 is 0 Å². The van der Waals surface area contributed by atoms with E-state index < -0.39 is 0 Å². The minimum atomic E-state index is -0.276. The molecule has 1 aromatic heterocycles. The molecule has 1 amide bonds. The lowest BCUT2D eigenvalue weighted by molar-refractivity contribution is 0.0887. The van der Waals surface area contributed by atoms with Crippen LogP contribution >= 0.6 is 0 Å². The molecular formula is C12H21N3O. The van der Waals surface area contributed by atoms with E-state index in [2.05, 4.69) is 5.32 Å². The number of carbonyl (C=O) groups excluding carboxylic acids is 1. The van der Waals surface area contributed by atoms with Crippen LogP contribution < -0.4 is 11.1 Å². The Bertz CT molecular complexity index is 345. The third kappa shape index (κ3) is 2.44. The summed E-state index contributed by atoms with van der Waals surface area (Å²) >= 11 is 0. The zero-order valence-corrected chi connectivity index (χ0v) is 10.3. The van der Waals surface area contributed by atoms with Gasteiger partial charge >= 0.3 is 0 Å². The zero-order chi connectivity index (χ0) is 12.2. The SMILES string of the molecule is CCC(CC)(CN)NC(=O)c1cccn1C. The van der Waals surface area contributed by atoms with Gasteiger partial charge in [0.25, 0.3) is 5.91 Å². The van der Waals surface area contributed by atoms with E-state index in [1.165, 1.54) is 0 Å². The predicted octanol–water partition coefficient (Wildman–Crippen LogP) is 1.27. The van der Waals surface area contributed by atoms with Gasteiger partial charge in [-0.05, 0) is 25.0 Å². The number of rotatable bonds is 5. The van der Waals surface area contributed by atoms with Crippen molar-refractivity contribution in [3.05, 3.63) is 24.0 Å². The average molecular weight is 223 g/mol. The molecule has 1 rings (SSSR count). The van der Waals surface area contributed by atoms with E-state index in [4.69, 9.17) is 5.73 Å². The predicted molar refractivity (Wildman–Crippen MR) is 65.2 cm³/mol. The molecule has 4 nitrogen and oxygen atoms in total. The van der Waals surface area contributed by atoms with E-state index in [1.54, 1.807) is 0 Å². The summed E-state index contributed by atoms with van der Waals surface area (Å²) in [4.78, 5) is 12.0. The molecular weight excluding hydrogens is 202 g/mol. The van der Waals surface area contributed by atoms with Crippen LogP contribution in [0, 0.1) is 0 Å². The van der Waals surface area contributed by atoms with Crippen molar-refractivity contribution in [1.82, 2.24) is 9.88 Å². The van der Waals surface area contributed by atoms with Crippen LogP contribution in [-0.4, -0.2) is 22.6 Å². The molecule has 0 atom stereocenters. The van der Waals surface area contributed by atoms with Crippen LogP contribution in [0.3, 0.4) is 0 Å². The number of hydrogen-bond acceptors (Lipinski definition) is 2. The molecule has 0 aromatic carbocycles. The van der Waals surface area contributed by atoms with Crippen molar-refractivity contribution in [1.29, 1.82) is 0 Å². The standard InChI is InChI=1S/C12H21N3O/c1-4-12(5-2,9-13)14-11(16)10-7-6-8-15(10)3/h6-8H,4-5,9,13H2,1-3H3,(H,14,16). The van der Waals surface area contributed by atoms with Gasteiger partial charge in [0.05, 0.1) is 5.54 Å². The molecule has 0 unspecified atom stereocenters. The summed E-state index contributed by atoms with van der Waals surface area (Å²) in [7, 11) is 1.86. The fraction of sp³-hybridized carbons (Fsp3) is 0.583. The molecule has 0 radical (unpaired) electrons. The Labute approximate surface area is 96.8 Å². The number of carbonyl (C=O) groups is 1. The fourth-order valence-corrected chi connectivity index (χ4v) is 1.77. The van der Waals surface area contributed by atoms with Gasteiger partial charge in [-0.15, -0.1) is 0 Å². The van der Waals surface area contributed by atoms with Crippen molar-refractivity contribution in [3.8, 4) is 0 Å². The van der Waals surface area contributed by atoms with Crippen molar-refractivity contribution in [2.24, 2.45) is 12.8 Å². The van der Waals surface area contributed by atoms with Crippen molar-refractivity contribution in [3.63, 3.8) is 0 Å². The van der Waals surface area contributed by atoms with Crippen molar-refractivity contribution >= 4 is 5.91 Å². The first-order valence-electron chi connectivity index (χ1n) is 5.72. The number of nitrogens with two attached hydrogens (primary N) is 1. The summed E-state index contributed by atoms with van der Waals surface area (Å²) in [6.45, 7) is 4.55. The van der Waals surface area contributed by atoms with Gasteiger partial charge in [0.2, 0.25) is 0 Å². The maximum absolute atomic E-state index is 12.0. The summed E-state index contributed by atoms with van der Waals surface area (Å²) in [5.74, 6) is -0.0540. The van der Waals surface area contributed by atoms with Gasteiger partial charge in [0.15, 0.2) is 0 Å². The number of amides is 1. The molecule has 0 saturated heterocycles. The lowest BCUT2D eigenvalue weighted by Gasteiger charge is -2.31. The minimum absolute atomic E-state index is 0.0540. The number of nitrogens with zero attached hydrogens (tertiary/aromatic N) is 1. The minimum Gasteiger partial charge on any atom is -0.347 e. The molecule has 16 heavy (non-hydrogen) atoms. The van der Waals surface area contributed by atoms with Crippen LogP contribution in [0.4, 0.5) is 0 Å². The molecule has 0 fully saturated rings. The largest absolute Gasteiger partial charge is 0.347 e. The molecule has 0 saturated carbocycles. The molecule has 0 aliphatic rings. The van der Waals surface area contributed by atoms with Gasteiger partial charge in [-0.25, -0.2) is 0 Å². The second-order valence-corrected chi connectivity index (χ2v) is 4.15. The van der Waals surface area contributed by atoms with Crippen molar-refractivity contribution in [2.45, 2.75) is 32.2 Å². The highest BCUT2D eigenvalue weighted by molar-refractivity contribution is 5.93. The van der Waals surface area contributed by atoms with Crippen molar-refractivity contribution < 1.29 is 4.79 Å². The molecule has 0 bridgehead atoms. The first-order chi connectivity index (χ1) is 7.58. The number of nitrogens with one attached hydrogen (secondary N) is 1. The van der Waals surface area contributed by atoms with E-state index in [1.807, 2.05) is 43.8 Å². The lowest BCUT2D eigenvalue weighted by atomic mass is 9.93. The summed E-state index contributed by atoms with van der Waals surface area (Å²) in [6.07, 6.45) is 3.54. The summed E-state index contributed by atoms with van der Waals surface area (Å²) in [5.41, 5.74) is 6.14. The van der Waals surface area contributed by atoms with Gasteiger partial charge in [0.1, 0.15) is 5.69 Å². The highest BCUT2D eigenvalue weighted by Crippen LogP contribution is 2.14. The number of aromatic nitrogens is 1. The lowest BCUT2D eigenvalue weighted by Crippen LogP contribution is -2.53. The average Bonchev–Trinajstić information content (AvgIpc) is 2.72. The molecule has 1 heterocycles. The molecule has 1 aromatic rings. The molecule has 0 spiro atoms. The highest BCUT2D eigenvalue weighted by atomic mass is 16.2. The van der Waals surface area contributed by atoms with Crippen LogP contribution in [0.15, 0.2) is 18.3 Å². The first-order valence-corrected chi connectivity index (χ1v) is 5.72. The third-order valence-corrected chi connectivity index (χ3v) is 3.30. The molecule has 4 heteroatoms. The van der Waals surface area contributed by atoms with Crippen LogP contribution in [0.25, 0.3) is 0 Å². The van der Waals surface area contributed by atoms with Crippen LogP contribution in [-0.2, 0) is 7.05 Å². The Morgan fingerprint density at radius 1 is 1.50 bits per heavy atom. The Morgan fingerprint density at radius 3 is 2.50 bits per heavy atom. The smallest absolute Gasteiger partial charge is 0.268 e. The summed E-state index contributed by atoms with van der Waals surface area (Å²) < 4.78 is 1.81. The van der Waals surface area contributed by atoms with Gasteiger partial charge in [-0.1, -0.05) is 13.8 Å². The molecule has 3 N–H and O–H groups in total. The monoisotopic (exact) mass is 223 g/mol. The Morgan fingerprint density at radius 2 is 2.12 bits per heavy atom. The first kappa shape index (κ1) is 12.8. The summed E-state index contributed by atoms with van der Waals surface area (Å²) in [6, 6.07) is 3.67. The number of aryl methyl sites for hydroxylation is 1. The zero-order valence-electron chi connectivity index (χ0n) is 10.3. The maximum Gasteiger partial charge on any atom is 0.268 e. The van der Waals surface area contributed by atoms with Crippen LogP contribution in [0.2, 0.25) is 0 Å². The highest BCUT2D eigenvalue weighted by Gasteiger charge is 2.27. The Balaban J connectivity index is 2.81. The van der Waals surface area contributed by atoms with E-state index in [-0.39, 0.29) is 11.4 Å². The quantitative estimate of drug-likeness (QED) is 0.789. The van der Waals surface area contributed by atoms with Gasteiger partial charge < -0.3 is 15.6 Å². The Hall–Kier alpha value is -1.29. The normalized spacial score (nSPS) is 11.5. The van der Waals surface area contributed by atoms with Crippen LogP contribution in [0.5, 0.6) is 0 Å². The molecule has 90 valence electrons.